The molecule has 2 unspecified atom stereocenters. The Bertz CT molecular complexity index is 423. The monoisotopic (exact) mass is 272 g/mol. The molecule has 1 aromatic carbocycles. The van der Waals surface area contributed by atoms with Crippen molar-refractivity contribution in [3.8, 4) is 5.75 Å². The summed E-state index contributed by atoms with van der Waals surface area (Å²) in [6.45, 7) is 0.994. The lowest BCUT2D eigenvalue weighted by Gasteiger charge is -2.21. The third kappa shape index (κ3) is 2.31. The zero-order valence-electron chi connectivity index (χ0n) is 9.41. The van der Waals surface area contributed by atoms with E-state index >= 15 is 0 Å². The van der Waals surface area contributed by atoms with Gasteiger partial charge in [0.1, 0.15) is 5.75 Å². The van der Waals surface area contributed by atoms with Gasteiger partial charge in [-0.3, -0.25) is 0 Å². The van der Waals surface area contributed by atoms with Gasteiger partial charge in [0, 0.05) is 18.2 Å². The average molecular weight is 273 g/mol. The fourth-order valence-electron chi connectivity index (χ4n) is 2.37. The number of nitrogens with one attached hydrogen (secondary N) is 2. The van der Waals surface area contributed by atoms with Crippen LogP contribution < -0.4 is 40.2 Å². The van der Waals surface area contributed by atoms with Gasteiger partial charge in [-0.2, -0.15) is 0 Å². The van der Waals surface area contributed by atoms with Gasteiger partial charge in [-0.25, -0.2) is 0 Å². The van der Waals surface area contributed by atoms with Crippen LogP contribution in [0.2, 0.25) is 0 Å². The van der Waals surface area contributed by atoms with Gasteiger partial charge >= 0.3 is 0 Å². The number of hydrogen-bond acceptors (Lipinski definition) is 3. The van der Waals surface area contributed by atoms with Gasteiger partial charge in [-0.05, 0) is 36.0 Å². The van der Waals surface area contributed by atoms with Gasteiger partial charge in [0.25, 0.3) is 0 Å². The molecule has 2 aliphatic heterocycles. The van der Waals surface area contributed by atoms with E-state index in [0.29, 0.717) is 12.0 Å². The predicted molar refractivity (Wildman–Crippen MR) is 60.3 cm³/mol. The number of methoxy groups -OCH3 is 1. The second-order valence-electron chi connectivity index (χ2n) is 4.00. The van der Waals surface area contributed by atoms with Crippen LogP contribution in [-0.2, 0) is 0 Å². The first kappa shape index (κ1) is 14.0. The van der Waals surface area contributed by atoms with E-state index in [2.05, 4.69) is 28.8 Å². The van der Waals surface area contributed by atoms with Gasteiger partial charge in [0.2, 0.25) is 0 Å². The maximum atomic E-state index is 5.25. The van der Waals surface area contributed by atoms with E-state index in [-0.39, 0.29) is 24.8 Å². The van der Waals surface area contributed by atoms with E-state index in [1.807, 2.05) is 12.3 Å². The average Bonchev–Trinajstić information content (AvgIpc) is 2.66. The summed E-state index contributed by atoms with van der Waals surface area (Å²) in [7, 11) is 1.71. The van der Waals surface area contributed by atoms with Crippen molar-refractivity contribution >= 4 is 5.69 Å². The number of benzene rings is 1. The lowest BCUT2D eigenvalue weighted by molar-refractivity contribution is -0.001000. The molecule has 2 heterocycles. The largest absolute Gasteiger partial charge is 1.00 e. The van der Waals surface area contributed by atoms with Gasteiger partial charge in [-0.15, -0.1) is 0 Å². The minimum atomic E-state index is 0. The molecule has 1 aromatic rings. The van der Waals surface area contributed by atoms with Crippen molar-refractivity contribution in [3.63, 3.8) is 0 Å². The highest BCUT2D eigenvalue weighted by Crippen LogP contribution is 2.39. The Hall–Kier alpha value is -1.06. The second-order valence-corrected chi connectivity index (χ2v) is 4.00. The fraction of sp³-hybridized carbons (Fsp3) is 0.333. The van der Waals surface area contributed by atoms with Crippen molar-refractivity contribution in [2.45, 2.75) is 12.0 Å². The molecule has 17 heavy (non-hydrogen) atoms. The summed E-state index contributed by atoms with van der Waals surface area (Å²) >= 11 is 0. The first-order chi connectivity index (χ1) is 7.38. The summed E-state index contributed by atoms with van der Waals surface area (Å²) < 4.78 is 5.25. The molecule has 0 saturated carbocycles. The molecule has 0 saturated heterocycles. The minimum absolute atomic E-state index is 0. The Balaban J connectivity index is 0.000000722. The molecule has 0 spiro atoms. The number of hydrogen-bond donors (Lipinski definition) is 2. The quantitative estimate of drug-likeness (QED) is 0.543. The first-order valence-electron chi connectivity index (χ1n) is 5.23. The zero-order valence-corrected chi connectivity index (χ0v) is 10.9. The molecule has 5 heteroatoms. The molecule has 0 aliphatic carbocycles. The number of rotatable bonds is 1. The van der Waals surface area contributed by atoms with Crippen LogP contribution in [0.25, 0.3) is 0 Å². The molecule has 0 aromatic heterocycles. The van der Waals surface area contributed by atoms with E-state index in [1.54, 1.807) is 7.11 Å². The van der Waals surface area contributed by atoms with Gasteiger partial charge in [0.05, 0.1) is 13.2 Å². The van der Waals surface area contributed by atoms with E-state index in [1.165, 1.54) is 11.3 Å². The van der Waals surface area contributed by atoms with Crippen LogP contribution in [-0.4, -0.2) is 19.7 Å². The van der Waals surface area contributed by atoms with Crippen molar-refractivity contribution in [3.05, 3.63) is 36.0 Å². The van der Waals surface area contributed by atoms with Crippen molar-refractivity contribution in [1.82, 2.24) is 5.32 Å². The summed E-state index contributed by atoms with van der Waals surface area (Å²) in [5.74, 6) is 1.46. The van der Waals surface area contributed by atoms with Gasteiger partial charge in [-0.1, -0.05) is 0 Å². The third-order valence-corrected chi connectivity index (χ3v) is 3.17. The molecule has 2 aliphatic rings. The number of fused-ring (bicyclic) bond motifs is 3. The van der Waals surface area contributed by atoms with Gasteiger partial charge < -0.3 is 40.2 Å². The van der Waals surface area contributed by atoms with Crippen LogP contribution in [0.15, 0.2) is 30.5 Å². The Morgan fingerprint density at radius 2 is 2.12 bits per heavy atom. The number of ether oxygens (including phenoxy) is 1. The van der Waals surface area contributed by atoms with E-state index in [4.69, 9.17) is 4.74 Å². The van der Waals surface area contributed by atoms with Crippen LogP contribution in [0, 0.1) is 0 Å². The van der Waals surface area contributed by atoms with E-state index in [9.17, 15) is 0 Å². The highest BCUT2D eigenvalue weighted by Gasteiger charge is 2.31. The molecule has 0 radical (unpaired) electrons. The SMILES string of the molecule is COc1ccc2c(c1)C1CNC=CC1N2.[Cl-].[Cl-]. The van der Waals surface area contributed by atoms with Crippen molar-refractivity contribution < 1.29 is 29.6 Å². The molecule has 3 nitrogen and oxygen atoms in total. The Morgan fingerprint density at radius 3 is 2.88 bits per heavy atom. The summed E-state index contributed by atoms with van der Waals surface area (Å²) in [6, 6.07) is 6.67. The summed E-state index contributed by atoms with van der Waals surface area (Å²) in [5, 5.41) is 6.78. The van der Waals surface area contributed by atoms with Crippen LogP contribution in [0.5, 0.6) is 5.75 Å². The van der Waals surface area contributed by atoms with Crippen molar-refractivity contribution in [1.29, 1.82) is 0 Å². The molecule has 0 amide bonds. The second kappa shape index (κ2) is 5.52. The molecule has 0 fully saturated rings. The molecule has 2 atom stereocenters. The highest BCUT2D eigenvalue weighted by molar-refractivity contribution is 5.63. The lowest BCUT2D eigenvalue weighted by atomic mass is 9.93. The molecule has 2 N–H and O–H groups in total. The topological polar surface area (TPSA) is 33.3 Å². The summed E-state index contributed by atoms with van der Waals surface area (Å²) in [5.41, 5.74) is 2.59. The molecule has 94 valence electrons. The van der Waals surface area contributed by atoms with Crippen molar-refractivity contribution in [2.24, 2.45) is 0 Å². The Kier molecular flexibility index (Phi) is 4.54. The standard InChI is InChI=1S/C12H14N2O.2ClH/c1-15-8-2-3-11-9(6-8)10-7-13-5-4-12(10)14-11;;/h2-6,10,12-14H,7H2,1H3;2*1H/p-2. The lowest BCUT2D eigenvalue weighted by Crippen LogP contribution is -3.00. The van der Waals surface area contributed by atoms with Crippen LogP contribution in [0.1, 0.15) is 11.5 Å². The maximum Gasteiger partial charge on any atom is 0.119 e. The third-order valence-electron chi connectivity index (χ3n) is 3.17. The molecule has 3 rings (SSSR count). The van der Waals surface area contributed by atoms with Crippen LogP contribution in [0.4, 0.5) is 5.69 Å². The van der Waals surface area contributed by atoms with Crippen LogP contribution >= 0.6 is 0 Å². The predicted octanol–water partition coefficient (Wildman–Crippen LogP) is -4.30. The molecular weight excluding hydrogens is 259 g/mol. The zero-order chi connectivity index (χ0) is 10.3. The van der Waals surface area contributed by atoms with Crippen LogP contribution in [0.3, 0.4) is 0 Å². The Labute approximate surface area is 113 Å². The first-order valence-corrected chi connectivity index (χ1v) is 5.23. The number of anilines is 1. The minimum Gasteiger partial charge on any atom is -1.00 e. The molecular formula is C12H14Cl2N2O-2. The van der Waals surface area contributed by atoms with E-state index < -0.39 is 0 Å². The maximum absolute atomic E-state index is 5.25. The normalized spacial score (nSPS) is 23.1. The van der Waals surface area contributed by atoms with Gasteiger partial charge in [0.15, 0.2) is 0 Å². The number of halogens is 2. The van der Waals surface area contributed by atoms with Crippen molar-refractivity contribution in [2.75, 3.05) is 19.0 Å². The summed E-state index contributed by atoms with van der Waals surface area (Å²) in [6.07, 6.45) is 4.21. The smallest absolute Gasteiger partial charge is 0.119 e. The summed E-state index contributed by atoms with van der Waals surface area (Å²) in [4.78, 5) is 0. The Morgan fingerprint density at radius 1 is 1.29 bits per heavy atom. The highest BCUT2D eigenvalue weighted by atomic mass is 35.5. The fourth-order valence-corrected chi connectivity index (χ4v) is 2.37. The molecule has 0 bridgehead atoms. The van der Waals surface area contributed by atoms with E-state index in [0.717, 1.165) is 12.3 Å².